The summed E-state index contributed by atoms with van der Waals surface area (Å²) >= 11 is 0. The molecule has 0 aliphatic carbocycles. The van der Waals surface area contributed by atoms with E-state index >= 15 is 0 Å². The summed E-state index contributed by atoms with van der Waals surface area (Å²) in [7, 11) is 0. The molecule has 6 heteroatoms. The van der Waals surface area contributed by atoms with Crippen LogP contribution in [0.3, 0.4) is 0 Å². The van der Waals surface area contributed by atoms with E-state index in [4.69, 9.17) is 10.8 Å². The van der Waals surface area contributed by atoms with Crippen molar-refractivity contribution in [2.45, 2.75) is 65.2 Å². The standard InChI is InChI=1S/C14H23NO5/c1-13(2,3)19-11(17)10-7-9(16)8-15(10)12(18)20-14(4,5)6/h10H,7-8H2,1-6H3/t10-/m0/s1/i7D/t7-,10-. The van der Waals surface area contributed by atoms with Crippen LogP contribution in [0.2, 0.25) is 0 Å². The monoisotopic (exact) mass is 286 g/mol. The van der Waals surface area contributed by atoms with Crippen molar-refractivity contribution in [2.75, 3.05) is 6.54 Å². The molecule has 0 saturated carbocycles. The molecule has 114 valence electrons. The molecule has 1 fully saturated rings. The molecule has 0 aromatic rings. The van der Waals surface area contributed by atoms with Crippen molar-refractivity contribution in [2.24, 2.45) is 0 Å². The van der Waals surface area contributed by atoms with Gasteiger partial charge in [0.05, 0.1) is 6.54 Å². The Morgan fingerprint density at radius 3 is 2.10 bits per heavy atom. The third-order valence-electron chi connectivity index (χ3n) is 2.28. The van der Waals surface area contributed by atoms with Gasteiger partial charge in [-0.1, -0.05) is 0 Å². The van der Waals surface area contributed by atoms with Crippen LogP contribution in [0.1, 0.15) is 49.3 Å². The fraction of sp³-hybridized carbons (Fsp3) is 0.786. The molecule has 1 amide bonds. The number of hydrogen-bond donors (Lipinski definition) is 0. The molecule has 20 heavy (non-hydrogen) atoms. The number of likely N-dealkylation sites (tertiary alicyclic amines) is 1. The Hall–Kier alpha value is -1.59. The number of nitrogens with zero attached hydrogens (tertiary/aromatic N) is 1. The lowest BCUT2D eigenvalue weighted by Crippen LogP contribution is -2.45. The summed E-state index contributed by atoms with van der Waals surface area (Å²) in [5.41, 5.74) is -1.51. The van der Waals surface area contributed by atoms with E-state index in [-0.39, 0.29) is 6.54 Å². The van der Waals surface area contributed by atoms with E-state index in [9.17, 15) is 14.4 Å². The SMILES string of the molecule is [2H][C@H]1C(=O)CN(C(=O)OC(C)(C)C)[C@@H]1C(=O)OC(C)(C)C. The zero-order chi connectivity index (χ0) is 16.6. The molecule has 1 aliphatic rings. The predicted octanol–water partition coefficient (Wildman–Crippen LogP) is 1.91. The molecular formula is C14H23NO5. The Balaban J connectivity index is 2.94. The van der Waals surface area contributed by atoms with Crippen LogP contribution in [0, 0.1) is 0 Å². The molecule has 0 bridgehead atoms. The molecule has 1 rings (SSSR count). The van der Waals surface area contributed by atoms with E-state index in [2.05, 4.69) is 0 Å². The second-order valence-corrected chi connectivity index (χ2v) is 6.72. The summed E-state index contributed by atoms with van der Waals surface area (Å²) in [5.74, 6) is -1.27. The van der Waals surface area contributed by atoms with Crippen LogP contribution >= 0.6 is 0 Å². The summed E-state index contributed by atoms with van der Waals surface area (Å²) in [6.45, 7) is 9.78. The number of carbonyl (C=O) groups is 3. The van der Waals surface area contributed by atoms with E-state index in [1.807, 2.05) is 0 Å². The number of ether oxygens (including phenoxy) is 2. The van der Waals surface area contributed by atoms with Gasteiger partial charge in [0, 0.05) is 7.77 Å². The van der Waals surface area contributed by atoms with Gasteiger partial charge in [-0.3, -0.25) is 9.69 Å². The molecule has 2 atom stereocenters. The molecule has 0 aromatic heterocycles. The smallest absolute Gasteiger partial charge is 0.411 e. The number of Topliss-reactive ketones (excluding diaryl/α,β-unsaturated/α-hetero) is 1. The maximum Gasteiger partial charge on any atom is 0.411 e. The minimum Gasteiger partial charge on any atom is -0.458 e. The van der Waals surface area contributed by atoms with Crippen LogP contribution in [-0.4, -0.2) is 46.5 Å². The molecule has 0 unspecified atom stereocenters. The van der Waals surface area contributed by atoms with Crippen LogP contribution < -0.4 is 0 Å². The molecular weight excluding hydrogens is 262 g/mol. The molecule has 0 N–H and O–H groups in total. The first-order valence-electron chi connectivity index (χ1n) is 7.07. The first-order valence-corrected chi connectivity index (χ1v) is 6.49. The molecule has 1 heterocycles. The van der Waals surface area contributed by atoms with Crippen molar-refractivity contribution in [1.82, 2.24) is 4.90 Å². The van der Waals surface area contributed by atoms with Gasteiger partial charge < -0.3 is 9.47 Å². The van der Waals surface area contributed by atoms with Crippen LogP contribution in [0.15, 0.2) is 0 Å². The van der Waals surface area contributed by atoms with Crippen molar-refractivity contribution >= 4 is 17.8 Å². The highest BCUT2D eigenvalue weighted by Crippen LogP contribution is 2.21. The average molecular weight is 286 g/mol. The summed E-state index contributed by atoms with van der Waals surface area (Å²) in [5, 5.41) is 0. The molecule has 0 aromatic carbocycles. The summed E-state index contributed by atoms with van der Waals surface area (Å²) in [6, 6.07) is -1.26. The van der Waals surface area contributed by atoms with Crippen molar-refractivity contribution in [3.63, 3.8) is 0 Å². The minimum atomic E-state index is -1.34. The van der Waals surface area contributed by atoms with E-state index in [1.54, 1.807) is 41.5 Å². The molecule has 6 nitrogen and oxygen atoms in total. The lowest BCUT2D eigenvalue weighted by atomic mass is 10.1. The van der Waals surface area contributed by atoms with Gasteiger partial charge in [0.15, 0.2) is 5.78 Å². The van der Waals surface area contributed by atoms with Gasteiger partial charge >= 0.3 is 12.1 Å². The van der Waals surface area contributed by atoms with E-state index < -0.39 is 41.5 Å². The van der Waals surface area contributed by atoms with Crippen LogP contribution in [0.25, 0.3) is 0 Å². The molecule has 0 radical (unpaired) electrons. The Kier molecular flexibility index (Phi) is 4.01. The number of esters is 1. The van der Waals surface area contributed by atoms with Crippen molar-refractivity contribution in [3.8, 4) is 0 Å². The predicted molar refractivity (Wildman–Crippen MR) is 72.2 cm³/mol. The first kappa shape index (κ1) is 14.8. The van der Waals surface area contributed by atoms with Gasteiger partial charge in [0.25, 0.3) is 0 Å². The maximum atomic E-state index is 12.2. The Morgan fingerprint density at radius 2 is 1.65 bits per heavy atom. The molecule has 1 saturated heterocycles. The third-order valence-corrected chi connectivity index (χ3v) is 2.28. The largest absolute Gasteiger partial charge is 0.458 e. The first-order chi connectivity index (χ1) is 9.32. The lowest BCUT2D eigenvalue weighted by Gasteiger charge is -2.29. The van der Waals surface area contributed by atoms with E-state index in [1.165, 1.54) is 0 Å². The number of rotatable bonds is 1. The third kappa shape index (κ3) is 4.83. The highest BCUT2D eigenvalue weighted by Gasteiger charge is 2.42. The quantitative estimate of drug-likeness (QED) is 0.688. The van der Waals surface area contributed by atoms with E-state index in [0.29, 0.717) is 0 Å². The van der Waals surface area contributed by atoms with Crippen molar-refractivity contribution in [1.29, 1.82) is 0 Å². The fourth-order valence-corrected chi connectivity index (χ4v) is 1.64. The van der Waals surface area contributed by atoms with Gasteiger partial charge in [0.2, 0.25) is 0 Å². The Morgan fingerprint density at radius 1 is 1.15 bits per heavy atom. The second-order valence-electron chi connectivity index (χ2n) is 6.72. The molecule has 0 spiro atoms. The summed E-state index contributed by atoms with van der Waals surface area (Å²) in [4.78, 5) is 36.9. The number of hydrogen-bond acceptors (Lipinski definition) is 5. The average Bonchev–Trinajstić information content (AvgIpc) is 2.50. The second kappa shape index (κ2) is 5.42. The van der Waals surface area contributed by atoms with Crippen molar-refractivity contribution in [3.05, 3.63) is 0 Å². The summed E-state index contributed by atoms with van der Waals surface area (Å²) in [6.07, 6.45) is -2.13. The van der Waals surface area contributed by atoms with Gasteiger partial charge in [-0.15, -0.1) is 0 Å². The zero-order valence-corrected chi connectivity index (χ0v) is 12.9. The minimum absolute atomic E-state index is 0.313. The summed E-state index contributed by atoms with van der Waals surface area (Å²) < 4.78 is 18.2. The highest BCUT2D eigenvalue weighted by molar-refractivity contribution is 5.95. The maximum absolute atomic E-state index is 12.2. The van der Waals surface area contributed by atoms with Crippen LogP contribution in [0.4, 0.5) is 4.79 Å². The Bertz CT molecular complexity index is 449. The van der Waals surface area contributed by atoms with Gasteiger partial charge in [0.1, 0.15) is 17.2 Å². The van der Waals surface area contributed by atoms with Gasteiger partial charge in [-0.25, -0.2) is 9.59 Å². The van der Waals surface area contributed by atoms with E-state index in [0.717, 1.165) is 4.90 Å². The number of carbonyl (C=O) groups excluding carboxylic acids is 3. The topological polar surface area (TPSA) is 72.9 Å². The van der Waals surface area contributed by atoms with Crippen LogP contribution in [-0.2, 0) is 19.1 Å². The van der Waals surface area contributed by atoms with Gasteiger partial charge in [-0.2, -0.15) is 0 Å². The van der Waals surface area contributed by atoms with Gasteiger partial charge in [-0.05, 0) is 41.5 Å². The lowest BCUT2D eigenvalue weighted by molar-refractivity contribution is -0.160. The zero-order valence-electron chi connectivity index (χ0n) is 13.9. The number of amides is 1. The Labute approximate surface area is 120 Å². The normalized spacial score (nSPS) is 24.4. The molecule has 1 aliphatic heterocycles. The van der Waals surface area contributed by atoms with Crippen LogP contribution in [0.5, 0.6) is 0 Å². The fourth-order valence-electron chi connectivity index (χ4n) is 1.64. The highest BCUT2D eigenvalue weighted by atomic mass is 16.6. The van der Waals surface area contributed by atoms with Crippen molar-refractivity contribution < 1.29 is 25.2 Å². The number of ketones is 1.